The number of carbonyl (C=O) groups excluding carboxylic acids is 1. The fourth-order valence-electron chi connectivity index (χ4n) is 2.33. The Morgan fingerprint density at radius 3 is 2.44 bits per heavy atom. The summed E-state index contributed by atoms with van der Waals surface area (Å²) in [6.45, 7) is 1.90. The Kier molecular flexibility index (Phi) is 7.20. The SMILES string of the molecule is CC(=O)Nc1ccccc1OC[C@@H](O)CNCc1ccc(C(F)(F)F)cc1. The molecular formula is C19H21F3N2O3. The van der Waals surface area contributed by atoms with Gasteiger partial charge in [-0.3, -0.25) is 4.79 Å². The number of aliphatic hydroxyl groups excluding tert-OH is 1. The van der Waals surface area contributed by atoms with Crippen LogP contribution in [0.5, 0.6) is 5.75 Å². The quantitative estimate of drug-likeness (QED) is 0.656. The van der Waals surface area contributed by atoms with E-state index in [2.05, 4.69) is 10.6 Å². The van der Waals surface area contributed by atoms with Gasteiger partial charge in [0.1, 0.15) is 18.5 Å². The van der Waals surface area contributed by atoms with Crippen LogP contribution in [-0.2, 0) is 17.5 Å². The maximum absolute atomic E-state index is 12.5. The number of aliphatic hydroxyl groups is 1. The van der Waals surface area contributed by atoms with Gasteiger partial charge in [-0.1, -0.05) is 24.3 Å². The average Bonchev–Trinajstić information content (AvgIpc) is 2.60. The monoisotopic (exact) mass is 382 g/mol. The molecule has 2 rings (SSSR count). The number of rotatable bonds is 8. The molecule has 0 aliphatic carbocycles. The molecule has 2 aromatic rings. The first-order chi connectivity index (χ1) is 12.8. The summed E-state index contributed by atoms with van der Waals surface area (Å²) in [4.78, 5) is 11.2. The molecule has 0 bridgehead atoms. The predicted octanol–water partition coefficient (Wildman–Crippen LogP) is 3.19. The number of hydrogen-bond donors (Lipinski definition) is 3. The van der Waals surface area contributed by atoms with E-state index in [4.69, 9.17) is 4.74 Å². The van der Waals surface area contributed by atoms with Crippen molar-refractivity contribution in [1.29, 1.82) is 0 Å². The molecule has 5 nitrogen and oxygen atoms in total. The van der Waals surface area contributed by atoms with E-state index in [0.717, 1.165) is 12.1 Å². The van der Waals surface area contributed by atoms with Crippen LogP contribution in [0.2, 0.25) is 0 Å². The zero-order valence-electron chi connectivity index (χ0n) is 14.7. The van der Waals surface area contributed by atoms with Crippen molar-refractivity contribution in [1.82, 2.24) is 5.32 Å². The standard InChI is InChI=1S/C19H21F3N2O3/c1-13(25)24-17-4-2-3-5-18(17)27-12-16(26)11-23-10-14-6-8-15(9-7-14)19(20,21)22/h2-9,16,23,26H,10-12H2,1H3,(H,24,25)/t16-/m0/s1. The van der Waals surface area contributed by atoms with Crippen LogP contribution < -0.4 is 15.4 Å². The highest BCUT2D eigenvalue weighted by Gasteiger charge is 2.29. The maximum Gasteiger partial charge on any atom is 0.416 e. The molecule has 0 aromatic heterocycles. The van der Waals surface area contributed by atoms with Crippen molar-refractivity contribution in [3.05, 3.63) is 59.7 Å². The highest BCUT2D eigenvalue weighted by Crippen LogP contribution is 2.29. The van der Waals surface area contributed by atoms with Gasteiger partial charge in [0.05, 0.1) is 11.3 Å². The van der Waals surface area contributed by atoms with E-state index in [0.29, 0.717) is 23.5 Å². The minimum absolute atomic E-state index is 0.00336. The van der Waals surface area contributed by atoms with Gasteiger partial charge in [0, 0.05) is 20.0 Å². The van der Waals surface area contributed by atoms with Crippen LogP contribution in [0.15, 0.2) is 48.5 Å². The molecule has 2 aromatic carbocycles. The maximum atomic E-state index is 12.5. The minimum Gasteiger partial charge on any atom is -0.489 e. The van der Waals surface area contributed by atoms with Gasteiger partial charge in [-0.25, -0.2) is 0 Å². The number of hydrogen-bond acceptors (Lipinski definition) is 4. The lowest BCUT2D eigenvalue weighted by atomic mass is 10.1. The van der Waals surface area contributed by atoms with Crippen LogP contribution in [0, 0.1) is 0 Å². The van der Waals surface area contributed by atoms with Crippen LogP contribution in [-0.4, -0.2) is 30.3 Å². The molecule has 1 amide bonds. The van der Waals surface area contributed by atoms with Crippen LogP contribution in [0.4, 0.5) is 18.9 Å². The molecule has 0 radical (unpaired) electrons. The number of benzene rings is 2. The first kappa shape index (κ1) is 20.7. The van der Waals surface area contributed by atoms with E-state index >= 15 is 0 Å². The lowest BCUT2D eigenvalue weighted by molar-refractivity contribution is -0.137. The van der Waals surface area contributed by atoms with E-state index < -0.39 is 17.8 Å². The number of ether oxygens (including phenoxy) is 1. The smallest absolute Gasteiger partial charge is 0.416 e. The van der Waals surface area contributed by atoms with Gasteiger partial charge in [0.25, 0.3) is 0 Å². The number of para-hydroxylation sites is 2. The summed E-state index contributed by atoms with van der Waals surface area (Å²) in [6.07, 6.45) is -5.18. The van der Waals surface area contributed by atoms with Crippen LogP contribution in [0.25, 0.3) is 0 Å². The van der Waals surface area contributed by atoms with Gasteiger partial charge in [-0.15, -0.1) is 0 Å². The Morgan fingerprint density at radius 1 is 1.15 bits per heavy atom. The number of amides is 1. The first-order valence-corrected chi connectivity index (χ1v) is 8.30. The van der Waals surface area contributed by atoms with Gasteiger partial charge in [-0.2, -0.15) is 13.2 Å². The topological polar surface area (TPSA) is 70.6 Å². The number of halogens is 3. The summed E-state index contributed by atoms with van der Waals surface area (Å²) < 4.78 is 43.1. The second-order valence-electron chi connectivity index (χ2n) is 5.97. The number of carbonyl (C=O) groups is 1. The Balaban J connectivity index is 1.77. The zero-order valence-corrected chi connectivity index (χ0v) is 14.7. The summed E-state index contributed by atoms with van der Waals surface area (Å²) in [6, 6.07) is 11.7. The summed E-state index contributed by atoms with van der Waals surface area (Å²) in [5.41, 5.74) is 0.486. The average molecular weight is 382 g/mol. The molecule has 0 aliphatic rings. The van der Waals surface area contributed by atoms with Crippen molar-refractivity contribution in [3.8, 4) is 5.75 Å². The largest absolute Gasteiger partial charge is 0.489 e. The molecule has 3 N–H and O–H groups in total. The third kappa shape index (κ3) is 6.92. The Hall–Kier alpha value is -2.58. The van der Waals surface area contributed by atoms with Crippen molar-refractivity contribution in [2.45, 2.75) is 25.7 Å². The van der Waals surface area contributed by atoms with Crippen LogP contribution in [0.1, 0.15) is 18.1 Å². The fourth-order valence-corrected chi connectivity index (χ4v) is 2.33. The third-order valence-electron chi connectivity index (χ3n) is 3.62. The van der Waals surface area contributed by atoms with Crippen molar-refractivity contribution in [3.63, 3.8) is 0 Å². The summed E-state index contributed by atoms with van der Waals surface area (Å²) in [5, 5.41) is 15.6. The van der Waals surface area contributed by atoms with Gasteiger partial charge in [-0.05, 0) is 29.8 Å². The molecule has 0 saturated carbocycles. The highest BCUT2D eigenvalue weighted by molar-refractivity contribution is 5.90. The van der Waals surface area contributed by atoms with Gasteiger partial charge in [0.2, 0.25) is 5.91 Å². The zero-order chi connectivity index (χ0) is 19.9. The van der Waals surface area contributed by atoms with Crippen molar-refractivity contribution >= 4 is 11.6 Å². The molecule has 0 unspecified atom stereocenters. The normalized spacial score (nSPS) is 12.5. The second-order valence-corrected chi connectivity index (χ2v) is 5.97. The predicted molar refractivity (Wildman–Crippen MR) is 95.4 cm³/mol. The fraction of sp³-hybridized carbons (Fsp3) is 0.316. The second kappa shape index (κ2) is 9.38. The Morgan fingerprint density at radius 2 is 1.81 bits per heavy atom. The summed E-state index contributed by atoms with van der Waals surface area (Å²) in [7, 11) is 0. The molecule has 1 atom stereocenters. The highest BCUT2D eigenvalue weighted by atomic mass is 19.4. The van der Waals surface area contributed by atoms with Gasteiger partial charge < -0.3 is 20.5 Å². The van der Waals surface area contributed by atoms with E-state index in [1.807, 2.05) is 0 Å². The van der Waals surface area contributed by atoms with E-state index in [1.54, 1.807) is 24.3 Å². The van der Waals surface area contributed by atoms with Gasteiger partial charge >= 0.3 is 6.18 Å². The summed E-state index contributed by atoms with van der Waals surface area (Å²) >= 11 is 0. The van der Waals surface area contributed by atoms with Crippen molar-refractivity contribution in [2.24, 2.45) is 0 Å². The third-order valence-corrected chi connectivity index (χ3v) is 3.62. The molecular weight excluding hydrogens is 361 g/mol. The van der Waals surface area contributed by atoms with E-state index in [9.17, 15) is 23.1 Å². The number of nitrogens with one attached hydrogen (secondary N) is 2. The molecule has 0 fully saturated rings. The molecule has 8 heteroatoms. The van der Waals surface area contributed by atoms with Gasteiger partial charge in [0.15, 0.2) is 0 Å². The first-order valence-electron chi connectivity index (χ1n) is 8.30. The minimum atomic E-state index is -4.35. The molecule has 0 spiro atoms. The van der Waals surface area contributed by atoms with Crippen LogP contribution >= 0.6 is 0 Å². The summed E-state index contributed by atoms with van der Waals surface area (Å²) in [5.74, 6) is 0.208. The van der Waals surface area contributed by atoms with Crippen LogP contribution in [0.3, 0.4) is 0 Å². The number of alkyl halides is 3. The molecule has 27 heavy (non-hydrogen) atoms. The number of anilines is 1. The van der Waals surface area contributed by atoms with E-state index in [-0.39, 0.29) is 19.1 Å². The van der Waals surface area contributed by atoms with Crippen molar-refractivity contribution < 1.29 is 27.8 Å². The molecule has 0 aliphatic heterocycles. The van der Waals surface area contributed by atoms with E-state index in [1.165, 1.54) is 19.1 Å². The molecule has 0 saturated heterocycles. The molecule has 0 heterocycles. The van der Waals surface area contributed by atoms with Crippen molar-refractivity contribution in [2.75, 3.05) is 18.5 Å². The molecule has 146 valence electrons. The lowest BCUT2D eigenvalue weighted by Crippen LogP contribution is -2.31. The lowest BCUT2D eigenvalue weighted by Gasteiger charge is -2.16. The Labute approximate surface area is 155 Å². The Bertz CT molecular complexity index is 749.